The Balaban J connectivity index is 1.93. The van der Waals surface area contributed by atoms with Gasteiger partial charge in [-0.3, -0.25) is 4.21 Å². The fourth-order valence-electron chi connectivity index (χ4n) is 1.93. The van der Waals surface area contributed by atoms with Gasteiger partial charge >= 0.3 is 6.03 Å². The van der Waals surface area contributed by atoms with E-state index in [1.54, 1.807) is 0 Å². The minimum absolute atomic E-state index is 0.0534. The van der Waals surface area contributed by atoms with Crippen LogP contribution in [0.2, 0.25) is 0 Å². The van der Waals surface area contributed by atoms with Gasteiger partial charge in [0.15, 0.2) is 0 Å². The Morgan fingerprint density at radius 1 is 1.38 bits per heavy atom. The second kappa shape index (κ2) is 3.65. The molecule has 2 aliphatic heterocycles. The molecule has 13 heavy (non-hydrogen) atoms. The molecule has 1 N–H and O–H groups in total. The van der Waals surface area contributed by atoms with E-state index in [0.29, 0.717) is 6.04 Å². The fourth-order valence-corrected chi connectivity index (χ4v) is 3.20. The van der Waals surface area contributed by atoms with E-state index >= 15 is 0 Å². The second-order valence-electron chi connectivity index (χ2n) is 3.50. The molecule has 2 amide bonds. The van der Waals surface area contributed by atoms with Gasteiger partial charge in [-0.1, -0.05) is 0 Å². The van der Waals surface area contributed by atoms with Crippen LogP contribution in [0, 0.1) is 0 Å². The van der Waals surface area contributed by atoms with E-state index in [9.17, 15) is 9.00 Å². The van der Waals surface area contributed by atoms with Crippen LogP contribution in [0.25, 0.3) is 0 Å². The Bertz CT molecular complexity index is 234. The number of carbonyl (C=O) groups is 1. The van der Waals surface area contributed by atoms with Crippen LogP contribution in [0.4, 0.5) is 4.79 Å². The van der Waals surface area contributed by atoms with Crippen molar-refractivity contribution in [1.29, 1.82) is 0 Å². The first-order valence-electron chi connectivity index (χ1n) is 4.67. The molecule has 2 aliphatic rings. The lowest BCUT2D eigenvalue weighted by atomic mass is 10.1. The van der Waals surface area contributed by atoms with Gasteiger partial charge in [-0.05, 0) is 12.8 Å². The van der Waals surface area contributed by atoms with Crippen molar-refractivity contribution in [2.45, 2.75) is 18.9 Å². The van der Waals surface area contributed by atoms with Crippen LogP contribution in [-0.4, -0.2) is 45.8 Å². The third kappa shape index (κ3) is 1.85. The molecule has 2 saturated heterocycles. The van der Waals surface area contributed by atoms with Crippen LogP contribution in [0.15, 0.2) is 0 Å². The summed E-state index contributed by atoms with van der Waals surface area (Å²) in [6, 6.07) is 0.387. The molecule has 0 aliphatic carbocycles. The van der Waals surface area contributed by atoms with E-state index in [2.05, 4.69) is 5.32 Å². The lowest BCUT2D eigenvalue weighted by Crippen LogP contribution is -2.41. The van der Waals surface area contributed by atoms with E-state index < -0.39 is 10.8 Å². The summed E-state index contributed by atoms with van der Waals surface area (Å²) in [7, 11) is -0.631. The van der Waals surface area contributed by atoms with E-state index in [4.69, 9.17) is 0 Å². The van der Waals surface area contributed by atoms with Crippen molar-refractivity contribution >= 4 is 16.8 Å². The molecule has 0 aromatic carbocycles. The van der Waals surface area contributed by atoms with Crippen LogP contribution in [0.5, 0.6) is 0 Å². The molecule has 0 saturated carbocycles. The molecule has 5 heteroatoms. The van der Waals surface area contributed by atoms with E-state index in [1.807, 2.05) is 4.90 Å². The van der Waals surface area contributed by atoms with Gasteiger partial charge in [0.2, 0.25) is 0 Å². The number of carbonyl (C=O) groups excluding carboxylic acids is 1. The summed E-state index contributed by atoms with van der Waals surface area (Å²) in [4.78, 5) is 13.2. The number of hydrogen-bond donors (Lipinski definition) is 1. The number of nitrogens with one attached hydrogen (secondary N) is 1. The lowest BCUT2D eigenvalue weighted by Gasteiger charge is -2.29. The summed E-state index contributed by atoms with van der Waals surface area (Å²) in [5, 5.41) is 2.79. The first-order chi connectivity index (χ1) is 6.27. The molecule has 0 aromatic heterocycles. The molecule has 4 nitrogen and oxygen atoms in total. The largest absolute Gasteiger partial charge is 0.336 e. The average Bonchev–Trinajstić information content (AvgIpc) is 2.53. The van der Waals surface area contributed by atoms with Crippen molar-refractivity contribution in [3.8, 4) is 0 Å². The second-order valence-corrected chi connectivity index (χ2v) is 5.20. The van der Waals surface area contributed by atoms with E-state index in [1.165, 1.54) is 0 Å². The highest BCUT2D eigenvalue weighted by Crippen LogP contribution is 2.17. The number of amides is 2. The summed E-state index contributed by atoms with van der Waals surface area (Å²) >= 11 is 0. The van der Waals surface area contributed by atoms with Crippen molar-refractivity contribution in [3.63, 3.8) is 0 Å². The van der Waals surface area contributed by atoms with Gasteiger partial charge in [-0.15, -0.1) is 0 Å². The van der Waals surface area contributed by atoms with Gasteiger partial charge in [0.05, 0.1) is 0 Å². The maximum absolute atomic E-state index is 11.3. The Morgan fingerprint density at radius 2 is 2.08 bits per heavy atom. The third-order valence-corrected chi connectivity index (χ3v) is 4.07. The normalized spacial score (nSPS) is 34.8. The predicted molar refractivity (Wildman–Crippen MR) is 51.0 cm³/mol. The predicted octanol–water partition coefficient (Wildman–Crippen LogP) is -0.0773. The first-order valence-corrected chi connectivity index (χ1v) is 6.15. The molecular formula is C8H14N2O2S. The Hall–Kier alpha value is -0.580. The Labute approximate surface area is 80.1 Å². The van der Waals surface area contributed by atoms with Crippen molar-refractivity contribution in [3.05, 3.63) is 0 Å². The SMILES string of the molecule is O=C1NCCN1C1CCS(=O)CC1. The quantitative estimate of drug-likeness (QED) is 0.646. The number of nitrogens with zero attached hydrogens (tertiary/aromatic N) is 1. The molecule has 2 fully saturated rings. The summed E-state index contributed by atoms with van der Waals surface area (Å²) in [6.07, 6.45) is 1.81. The first kappa shape index (κ1) is 8.99. The van der Waals surface area contributed by atoms with Gasteiger partial charge in [0.1, 0.15) is 0 Å². The number of urea groups is 1. The van der Waals surface area contributed by atoms with Crippen LogP contribution in [0.3, 0.4) is 0 Å². The van der Waals surface area contributed by atoms with Crippen molar-refractivity contribution in [2.75, 3.05) is 24.6 Å². The van der Waals surface area contributed by atoms with Gasteiger partial charge in [-0.2, -0.15) is 0 Å². The highest BCUT2D eigenvalue weighted by atomic mass is 32.2. The zero-order valence-electron chi connectivity index (χ0n) is 7.49. The molecule has 0 spiro atoms. The van der Waals surface area contributed by atoms with E-state index in [-0.39, 0.29) is 6.03 Å². The molecule has 2 heterocycles. The number of rotatable bonds is 1. The zero-order valence-corrected chi connectivity index (χ0v) is 8.31. The Morgan fingerprint density at radius 3 is 2.62 bits per heavy atom. The smallest absolute Gasteiger partial charge is 0.317 e. The molecule has 2 rings (SSSR count). The van der Waals surface area contributed by atoms with Crippen LogP contribution >= 0.6 is 0 Å². The van der Waals surface area contributed by atoms with Crippen LogP contribution in [-0.2, 0) is 10.8 Å². The summed E-state index contributed by atoms with van der Waals surface area (Å²) in [5.41, 5.74) is 0. The minimum atomic E-state index is -0.631. The highest BCUT2D eigenvalue weighted by molar-refractivity contribution is 7.85. The topological polar surface area (TPSA) is 49.4 Å². The average molecular weight is 202 g/mol. The lowest BCUT2D eigenvalue weighted by molar-refractivity contribution is 0.193. The molecule has 0 atom stereocenters. The highest BCUT2D eigenvalue weighted by Gasteiger charge is 2.30. The molecule has 74 valence electrons. The molecule has 0 unspecified atom stereocenters. The fraction of sp³-hybridized carbons (Fsp3) is 0.875. The van der Waals surface area contributed by atoms with E-state index in [0.717, 1.165) is 37.4 Å². The molecule has 0 radical (unpaired) electrons. The van der Waals surface area contributed by atoms with Crippen LogP contribution < -0.4 is 5.32 Å². The standard InChI is InChI=1S/C8H14N2O2S/c11-8-9-3-4-10(8)7-1-5-13(12)6-2-7/h7H,1-6H2,(H,9,11). The van der Waals surface area contributed by atoms with Gasteiger partial charge < -0.3 is 10.2 Å². The van der Waals surface area contributed by atoms with Gasteiger partial charge in [-0.25, -0.2) is 4.79 Å². The third-order valence-electron chi connectivity index (χ3n) is 2.69. The summed E-state index contributed by atoms with van der Waals surface area (Å²) < 4.78 is 11.1. The zero-order chi connectivity index (χ0) is 9.26. The molecule has 0 bridgehead atoms. The van der Waals surface area contributed by atoms with Crippen molar-refractivity contribution in [2.24, 2.45) is 0 Å². The molecular weight excluding hydrogens is 188 g/mol. The maximum atomic E-state index is 11.3. The van der Waals surface area contributed by atoms with Crippen molar-refractivity contribution < 1.29 is 9.00 Å². The summed E-state index contributed by atoms with van der Waals surface area (Å²) in [6.45, 7) is 1.58. The Kier molecular flexibility index (Phi) is 2.53. The number of hydrogen-bond acceptors (Lipinski definition) is 2. The van der Waals surface area contributed by atoms with Gasteiger partial charge in [0, 0.05) is 41.4 Å². The van der Waals surface area contributed by atoms with Crippen LogP contribution in [0.1, 0.15) is 12.8 Å². The summed E-state index contributed by atoms with van der Waals surface area (Å²) in [5.74, 6) is 1.52. The minimum Gasteiger partial charge on any atom is -0.336 e. The molecule has 0 aromatic rings. The maximum Gasteiger partial charge on any atom is 0.317 e. The monoisotopic (exact) mass is 202 g/mol. The van der Waals surface area contributed by atoms with Gasteiger partial charge in [0.25, 0.3) is 0 Å². The van der Waals surface area contributed by atoms with Crippen molar-refractivity contribution in [1.82, 2.24) is 10.2 Å².